The van der Waals surface area contributed by atoms with Gasteiger partial charge < -0.3 is 4.74 Å². The Balaban J connectivity index is 2.45. The number of rotatable bonds is 3. The summed E-state index contributed by atoms with van der Waals surface area (Å²) in [6.07, 6.45) is -2.65. The Morgan fingerprint density at radius 2 is 2.00 bits per heavy atom. The zero-order valence-corrected chi connectivity index (χ0v) is 9.47. The molecule has 2 rings (SSSR count). The van der Waals surface area contributed by atoms with Crippen molar-refractivity contribution in [3.63, 3.8) is 0 Å². The molecule has 0 aliphatic rings. The van der Waals surface area contributed by atoms with E-state index in [2.05, 4.69) is 5.10 Å². The van der Waals surface area contributed by atoms with Crippen LogP contribution in [0.5, 0.6) is 5.88 Å². The number of methoxy groups -OCH3 is 1. The van der Waals surface area contributed by atoms with Gasteiger partial charge in [0.1, 0.15) is 5.69 Å². The van der Waals surface area contributed by atoms with E-state index in [-0.39, 0.29) is 11.6 Å². The Morgan fingerprint density at radius 1 is 1.33 bits per heavy atom. The minimum Gasteiger partial charge on any atom is -0.481 e. The van der Waals surface area contributed by atoms with Crippen molar-refractivity contribution in [3.8, 4) is 17.6 Å². The minimum absolute atomic E-state index is 0.218. The van der Waals surface area contributed by atoms with Gasteiger partial charge in [-0.3, -0.25) is 0 Å². The normalized spacial score (nSPS) is 10.4. The topological polar surface area (TPSA) is 50.8 Å². The quantitative estimate of drug-likeness (QED) is 0.840. The fourth-order valence-corrected chi connectivity index (χ4v) is 1.50. The summed E-state index contributed by atoms with van der Waals surface area (Å²) in [5.74, 6) is 0.218. The molecule has 0 amide bonds. The lowest BCUT2D eigenvalue weighted by Crippen LogP contribution is -2.00. The fraction of sp³-hybridized carbons (Fsp3) is 0.167. The lowest BCUT2D eigenvalue weighted by Gasteiger charge is -2.05. The average molecular weight is 249 g/mol. The van der Waals surface area contributed by atoms with E-state index in [1.165, 1.54) is 17.9 Å². The molecule has 0 saturated carbocycles. The number of nitrogens with zero attached hydrogens (tertiary/aromatic N) is 3. The van der Waals surface area contributed by atoms with Crippen molar-refractivity contribution in [2.75, 3.05) is 7.11 Å². The van der Waals surface area contributed by atoms with E-state index in [9.17, 15) is 8.78 Å². The Bertz CT molecular complexity index is 584. The summed E-state index contributed by atoms with van der Waals surface area (Å²) < 4.78 is 31.4. The third kappa shape index (κ3) is 2.15. The molecule has 18 heavy (non-hydrogen) atoms. The first-order chi connectivity index (χ1) is 8.65. The van der Waals surface area contributed by atoms with E-state index >= 15 is 0 Å². The number of hydrogen-bond acceptors (Lipinski definition) is 3. The van der Waals surface area contributed by atoms with Gasteiger partial charge in [0.15, 0.2) is 0 Å². The van der Waals surface area contributed by atoms with Crippen LogP contribution in [0.1, 0.15) is 17.7 Å². The number of aromatic nitrogens is 2. The highest BCUT2D eigenvalue weighted by Gasteiger charge is 2.16. The third-order valence-corrected chi connectivity index (χ3v) is 2.37. The van der Waals surface area contributed by atoms with Crippen molar-refractivity contribution in [1.82, 2.24) is 9.78 Å². The van der Waals surface area contributed by atoms with E-state index in [1.54, 1.807) is 24.3 Å². The Hall–Kier alpha value is -2.42. The maximum atomic E-state index is 12.6. The monoisotopic (exact) mass is 249 g/mol. The van der Waals surface area contributed by atoms with Crippen molar-refractivity contribution in [2.45, 2.75) is 6.43 Å². The molecule has 6 heteroatoms. The minimum atomic E-state index is -2.65. The smallest absolute Gasteiger partial charge is 0.282 e. The summed E-state index contributed by atoms with van der Waals surface area (Å²) in [7, 11) is 1.38. The summed E-state index contributed by atoms with van der Waals surface area (Å²) in [6.45, 7) is 0. The van der Waals surface area contributed by atoms with Crippen molar-refractivity contribution in [3.05, 3.63) is 41.6 Å². The highest BCUT2D eigenvalue weighted by molar-refractivity contribution is 5.41. The van der Waals surface area contributed by atoms with Crippen LogP contribution in [-0.4, -0.2) is 16.9 Å². The number of hydrogen-bond donors (Lipinski definition) is 0. The zero-order valence-electron chi connectivity index (χ0n) is 9.47. The average Bonchev–Trinajstić information content (AvgIpc) is 2.83. The number of nitriles is 1. The highest BCUT2D eigenvalue weighted by atomic mass is 19.3. The second-order valence-electron chi connectivity index (χ2n) is 3.48. The summed E-state index contributed by atoms with van der Waals surface area (Å²) in [5.41, 5.74) is 0.688. The van der Waals surface area contributed by atoms with E-state index < -0.39 is 6.43 Å². The molecule has 1 heterocycles. The summed E-state index contributed by atoms with van der Waals surface area (Å²) in [5, 5.41) is 12.4. The SMILES string of the molecule is COc1cc(C(F)F)nn1-c1ccc(C#N)cc1. The van der Waals surface area contributed by atoms with Gasteiger partial charge in [0, 0.05) is 6.07 Å². The van der Waals surface area contributed by atoms with Crippen molar-refractivity contribution in [2.24, 2.45) is 0 Å². The van der Waals surface area contributed by atoms with Gasteiger partial charge in [0.25, 0.3) is 6.43 Å². The standard InChI is InChI=1S/C12H9F2N3O/c1-18-11-6-10(12(13)14)16-17(11)9-4-2-8(7-15)3-5-9/h2-6,12H,1H3. The molecule has 0 fully saturated rings. The van der Waals surface area contributed by atoms with E-state index in [0.717, 1.165) is 0 Å². The molecule has 0 spiro atoms. The van der Waals surface area contributed by atoms with Gasteiger partial charge in [-0.05, 0) is 24.3 Å². The summed E-state index contributed by atoms with van der Waals surface area (Å²) in [6, 6.07) is 9.55. The first-order valence-electron chi connectivity index (χ1n) is 5.08. The van der Waals surface area contributed by atoms with Gasteiger partial charge in [0.2, 0.25) is 5.88 Å². The van der Waals surface area contributed by atoms with Crippen molar-refractivity contribution >= 4 is 0 Å². The molecule has 0 atom stereocenters. The van der Waals surface area contributed by atoms with Crippen LogP contribution in [0.2, 0.25) is 0 Å². The first-order valence-corrected chi connectivity index (χ1v) is 5.08. The zero-order chi connectivity index (χ0) is 13.1. The Morgan fingerprint density at radius 3 is 2.50 bits per heavy atom. The summed E-state index contributed by atoms with van der Waals surface area (Å²) >= 11 is 0. The predicted molar refractivity (Wildman–Crippen MR) is 59.8 cm³/mol. The maximum Gasteiger partial charge on any atom is 0.282 e. The molecule has 0 unspecified atom stereocenters. The van der Waals surface area contributed by atoms with E-state index in [4.69, 9.17) is 10.00 Å². The molecule has 0 saturated heterocycles. The van der Waals surface area contributed by atoms with Crippen LogP contribution in [0, 0.1) is 11.3 Å². The number of halogens is 2. The van der Waals surface area contributed by atoms with Crippen LogP contribution in [0.3, 0.4) is 0 Å². The van der Waals surface area contributed by atoms with Gasteiger partial charge >= 0.3 is 0 Å². The van der Waals surface area contributed by atoms with Crippen LogP contribution < -0.4 is 4.74 Å². The van der Waals surface area contributed by atoms with Gasteiger partial charge in [-0.15, -0.1) is 0 Å². The lowest BCUT2D eigenvalue weighted by molar-refractivity contribution is 0.145. The van der Waals surface area contributed by atoms with Crippen LogP contribution in [0.25, 0.3) is 5.69 Å². The molecule has 4 nitrogen and oxygen atoms in total. The van der Waals surface area contributed by atoms with Crippen LogP contribution >= 0.6 is 0 Å². The van der Waals surface area contributed by atoms with Crippen LogP contribution in [-0.2, 0) is 0 Å². The molecule has 0 aliphatic heterocycles. The van der Waals surface area contributed by atoms with Crippen LogP contribution in [0.4, 0.5) is 8.78 Å². The molecule has 92 valence electrons. The largest absolute Gasteiger partial charge is 0.481 e. The van der Waals surface area contributed by atoms with Gasteiger partial charge in [-0.2, -0.15) is 10.4 Å². The second-order valence-corrected chi connectivity index (χ2v) is 3.48. The molecule has 0 aliphatic carbocycles. The molecule has 1 aromatic carbocycles. The lowest BCUT2D eigenvalue weighted by atomic mass is 10.2. The maximum absolute atomic E-state index is 12.6. The number of ether oxygens (including phenoxy) is 1. The van der Waals surface area contributed by atoms with E-state index in [1.807, 2.05) is 6.07 Å². The molecule has 1 aromatic heterocycles. The molecule has 0 bridgehead atoms. The highest BCUT2D eigenvalue weighted by Crippen LogP contribution is 2.25. The van der Waals surface area contributed by atoms with Crippen LogP contribution in [0.15, 0.2) is 30.3 Å². The van der Waals surface area contributed by atoms with Crippen molar-refractivity contribution < 1.29 is 13.5 Å². The predicted octanol–water partition coefficient (Wildman–Crippen LogP) is 2.69. The van der Waals surface area contributed by atoms with Gasteiger partial charge in [0.05, 0.1) is 24.4 Å². The molecule has 0 radical (unpaired) electrons. The Labute approximate surface area is 102 Å². The van der Waals surface area contributed by atoms with Gasteiger partial charge in [-0.1, -0.05) is 0 Å². The number of benzene rings is 1. The fourth-order valence-electron chi connectivity index (χ4n) is 1.50. The molecule has 2 aromatic rings. The molecular weight excluding hydrogens is 240 g/mol. The molecular formula is C12H9F2N3O. The first kappa shape index (κ1) is 12.0. The van der Waals surface area contributed by atoms with Crippen molar-refractivity contribution in [1.29, 1.82) is 5.26 Å². The molecule has 0 N–H and O–H groups in total. The summed E-state index contributed by atoms with van der Waals surface area (Å²) in [4.78, 5) is 0. The third-order valence-electron chi connectivity index (χ3n) is 2.37. The van der Waals surface area contributed by atoms with Gasteiger partial charge in [-0.25, -0.2) is 13.5 Å². The van der Waals surface area contributed by atoms with E-state index in [0.29, 0.717) is 11.3 Å². The Kier molecular flexibility index (Phi) is 3.24. The number of alkyl halides is 2. The second kappa shape index (κ2) is 4.84.